The first-order valence-electron chi connectivity index (χ1n) is 10.7. The largest absolute Gasteiger partial charge is 0.219 e. The monoisotopic (exact) mass is 396 g/mol. The van der Waals surface area contributed by atoms with Gasteiger partial charge in [-0.1, -0.05) is 110 Å². The number of hydrogen-bond donors (Lipinski definition) is 1. The Balaban J connectivity index is 2.95. The van der Waals surface area contributed by atoms with Crippen LogP contribution in [-0.4, -0.2) is 11.9 Å². The highest BCUT2D eigenvalue weighted by Crippen LogP contribution is 2.14. The summed E-state index contributed by atoms with van der Waals surface area (Å²) in [6, 6.07) is 0. The zero-order valence-electron chi connectivity index (χ0n) is 17.0. The van der Waals surface area contributed by atoms with Gasteiger partial charge in [-0.15, -0.1) is 0 Å². The number of rotatable bonds is 24. The molecule has 1 N–H and O–H groups in total. The summed E-state index contributed by atoms with van der Waals surface area (Å²) in [7, 11) is 0. The molecule has 0 aromatic heterocycles. The minimum Gasteiger partial charge on any atom is -0.219 e. The first-order valence-corrected chi connectivity index (χ1v) is 10.7. The molecule has 0 spiro atoms. The van der Waals surface area contributed by atoms with Crippen molar-refractivity contribution in [2.45, 2.75) is 116 Å². The second-order valence-electron chi connectivity index (χ2n) is 6.89. The molecule has 8 nitrogen and oxygen atoms in total. The third kappa shape index (κ3) is 25.7. The molecule has 8 heteroatoms. The van der Waals surface area contributed by atoms with Gasteiger partial charge < -0.3 is 0 Å². The highest BCUT2D eigenvalue weighted by atomic mass is 17.9. The molecular weight excluding hydrogens is 356 g/mol. The van der Waals surface area contributed by atoms with E-state index in [1.807, 2.05) is 0 Å². The summed E-state index contributed by atoms with van der Waals surface area (Å²) in [6.45, 7) is 2.66. The molecule has 0 aromatic carbocycles. The van der Waals surface area contributed by atoms with Crippen LogP contribution in [-0.2, 0) is 35.1 Å². The van der Waals surface area contributed by atoms with Gasteiger partial charge in [-0.3, -0.25) is 0 Å². The fourth-order valence-electron chi connectivity index (χ4n) is 2.99. The van der Waals surface area contributed by atoms with Crippen molar-refractivity contribution in [1.29, 1.82) is 0 Å². The third-order valence-electron chi connectivity index (χ3n) is 4.52. The Bertz CT molecular complexity index is 232. The standard InChI is InChI=1S/C19H40O8/c1-2-3-4-5-6-7-8-9-10-11-12-13-14-15-16-17-18-19-21-23-25-27-26-24-22-20/h20H,2-19H2,1H3. The minimum atomic E-state index is 0.388. The summed E-state index contributed by atoms with van der Waals surface area (Å²) in [5.74, 6) is 0. The van der Waals surface area contributed by atoms with E-state index in [-0.39, 0.29) is 0 Å². The molecule has 164 valence electrons. The maximum absolute atomic E-state index is 7.68. The summed E-state index contributed by atoms with van der Waals surface area (Å²) < 4.78 is 0. The van der Waals surface area contributed by atoms with Crippen molar-refractivity contribution in [2.24, 2.45) is 0 Å². The van der Waals surface area contributed by atoms with Crippen LogP contribution in [0.2, 0.25) is 0 Å². The van der Waals surface area contributed by atoms with Gasteiger partial charge >= 0.3 is 0 Å². The number of hydrogen-bond acceptors (Lipinski definition) is 8. The first-order chi connectivity index (χ1) is 13.4. The van der Waals surface area contributed by atoms with E-state index in [0.717, 1.165) is 12.8 Å². The van der Waals surface area contributed by atoms with Crippen LogP contribution in [0.25, 0.3) is 0 Å². The summed E-state index contributed by atoms with van der Waals surface area (Å²) in [5.41, 5.74) is 0. The number of unbranched alkanes of at least 4 members (excludes halogenated alkanes) is 16. The first kappa shape index (κ1) is 26.7. The average molecular weight is 397 g/mol. The molecule has 0 aliphatic heterocycles. The van der Waals surface area contributed by atoms with Crippen molar-refractivity contribution in [3.05, 3.63) is 0 Å². The van der Waals surface area contributed by atoms with Crippen LogP contribution < -0.4 is 0 Å². The summed E-state index contributed by atoms with van der Waals surface area (Å²) in [6.07, 6.45) is 22.6. The molecule has 0 aliphatic rings. The Morgan fingerprint density at radius 2 is 0.815 bits per heavy atom. The molecule has 0 saturated heterocycles. The van der Waals surface area contributed by atoms with E-state index in [1.54, 1.807) is 0 Å². The average Bonchev–Trinajstić information content (AvgIpc) is 2.68. The highest BCUT2D eigenvalue weighted by Gasteiger charge is 1.96. The third-order valence-corrected chi connectivity index (χ3v) is 4.52. The van der Waals surface area contributed by atoms with E-state index in [9.17, 15) is 0 Å². The summed E-state index contributed by atoms with van der Waals surface area (Å²) in [4.78, 5) is 4.65. The van der Waals surface area contributed by atoms with Crippen LogP contribution in [0, 0.1) is 0 Å². The second kappa shape index (κ2) is 25.7. The van der Waals surface area contributed by atoms with Gasteiger partial charge in [0.1, 0.15) is 0 Å². The van der Waals surface area contributed by atoms with E-state index < -0.39 is 0 Å². The quantitative estimate of drug-likeness (QED) is 0.109. The Hall–Kier alpha value is -0.320. The zero-order chi connectivity index (χ0) is 19.7. The Kier molecular flexibility index (Phi) is 25.4. The van der Waals surface area contributed by atoms with E-state index in [2.05, 4.69) is 42.0 Å². The van der Waals surface area contributed by atoms with Gasteiger partial charge in [0.25, 0.3) is 0 Å². The van der Waals surface area contributed by atoms with Crippen molar-refractivity contribution in [3.63, 3.8) is 0 Å². The minimum absolute atomic E-state index is 0.388. The molecule has 0 radical (unpaired) electrons. The van der Waals surface area contributed by atoms with Crippen LogP contribution in [0.15, 0.2) is 0 Å². The van der Waals surface area contributed by atoms with Crippen molar-refractivity contribution < 1.29 is 40.4 Å². The lowest BCUT2D eigenvalue weighted by molar-refractivity contribution is -0.812. The van der Waals surface area contributed by atoms with Crippen molar-refractivity contribution in [2.75, 3.05) is 6.61 Å². The normalized spacial score (nSPS) is 11.3. The Labute approximate surface area is 163 Å². The maximum atomic E-state index is 7.68. The fourth-order valence-corrected chi connectivity index (χ4v) is 2.99. The van der Waals surface area contributed by atoms with E-state index >= 15 is 0 Å². The lowest BCUT2D eigenvalue weighted by Crippen LogP contribution is -2.01. The van der Waals surface area contributed by atoms with Crippen molar-refractivity contribution >= 4 is 0 Å². The molecule has 0 fully saturated rings. The molecule has 0 unspecified atom stereocenters. The smallest absolute Gasteiger partial charge is 0.0855 e. The van der Waals surface area contributed by atoms with Gasteiger partial charge in [0.05, 0.1) is 6.61 Å². The van der Waals surface area contributed by atoms with E-state index in [0.29, 0.717) is 6.61 Å². The maximum Gasteiger partial charge on any atom is 0.0855 e. The van der Waals surface area contributed by atoms with Crippen LogP contribution in [0.3, 0.4) is 0 Å². The van der Waals surface area contributed by atoms with Gasteiger partial charge in [-0.2, -0.15) is 0 Å². The molecule has 0 heterocycles. The van der Waals surface area contributed by atoms with Crippen LogP contribution >= 0.6 is 0 Å². The van der Waals surface area contributed by atoms with Gasteiger partial charge in [-0.25, -0.2) is 10.1 Å². The predicted octanol–water partition coefficient (Wildman–Crippen LogP) is 6.72. The van der Waals surface area contributed by atoms with Crippen LogP contribution in [0.1, 0.15) is 116 Å². The topological polar surface area (TPSA) is 84.8 Å². The van der Waals surface area contributed by atoms with Gasteiger partial charge in [0.2, 0.25) is 0 Å². The van der Waals surface area contributed by atoms with Gasteiger partial charge in [0, 0.05) is 0 Å². The second-order valence-corrected chi connectivity index (χ2v) is 6.89. The van der Waals surface area contributed by atoms with Crippen LogP contribution in [0.4, 0.5) is 0 Å². The summed E-state index contributed by atoms with van der Waals surface area (Å²) >= 11 is 0. The van der Waals surface area contributed by atoms with Crippen molar-refractivity contribution in [1.82, 2.24) is 0 Å². The lowest BCUT2D eigenvalue weighted by atomic mass is 10.0. The summed E-state index contributed by atoms with van der Waals surface area (Å²) in [5, 5.41) is 29.6. The van der Waals surface area contributed by atoms with E-state index in [1.165, 1.54) is 96.3 Å². The zero-order valence-corrected chi connectivity index (χ0v) is 17.0. The molecule has 0 bridgehead atoms. The fraction of sp³-hybridized carbons (Fsp3) is 1.00. The molecule has 0 atom stereocenters. The predicted molar refractivity (Wildman–Crippen MR) is 99.3 cm³/mol. The molecule has 0 saturated carbocycles. The van der Waals surface area contributed by atoms with Gasteiger partial charge in [0.15, 0.2) is 0 Å². The Morgan fingerprint density at radius 3 is 1.26 bits per heavy atom. The van der Waals surface area contributed by atoms with Gasteiger partial charge in [-0.05, 0) is 36.7 Å². The highest BCUT2D eigenvalue weighted by molar-refractivity contribution is 4.50. The van der Waals surface area contributed by atoms with Crippen molar-refractivity contribution in [3.8, 4) is 0 Å². The van der Waals surface area contributed by atoms with Crippen LogP contribution in [0.5, 0.6) is 0 Å². The molecule has 0 rings (SSSR count). The molecule has 27 heavy (non-hydrogen) atoms. The molecule has 0 amide bonds. The molecule has 0 aliphatic carbocycles. The lowest BCUT2D eigenvalue weighted by Gasteiger charge is -2.04. The SMILES string of the molecule is CCCCCCCCCCCCCCCCCCCOOOOOOOO. The van der Waals surface area contributed by atoms with E-state index in [4.69, 9.17) is 5.26 Å². The molecule has 0 aromatic rings. The Morgan fingerprint density at radius 1 is 0.444 bits per heavy atom. The molecular formula is C19H40O8.